The van der Waals surface area contributed by atoms with Crippen LogP contribution in [0.4, 0.5) is 0 Å². The molecule has 0 saturated heterocycles. The lowest BCUT2D eigenvalue weighted by molar-refractivity contribution is -0.139. The molecule has 0 aliphatic carbocycles. The van der Waals surface area contributed by atoms with E-state index in [2.05, 4.69) is 10.6 Å². The minimum atomic E-state index is -1.43. The first kappa shape index (κ1) is 20.8. The first-order valence-corrected chi connectivity index (χ1v) is 6.74. The predicted octanol–water partition coefficient (Wildman–Crippen LogP) is -4.12. The van der Waals surface area contributed by atoms with Crippen molar-refractivity contribution in [3.8, 4) is 0 Å². The lowest BCUT2D eigenvalue weighted by Gasteiger charge is -2.24. The van der Waals surface area contributed by atoms with Crippen LogP contribution in [0.3, 0.4) is 0 Å². The topological polar surface area (TPSA) is 191 Å². The summed E-state index contributed by atoms with van der Waals surface area (Å²) in [7, 11) is 0. The van der Waals surface area contributed by atoms with E-state index in [4.69, 9.17) is 15.9 Å². The minimum Gasteiger partial charge on any atom is -0.480 e. The summed E-state index contributed by atoms with van der Waals surface area (Å²) in [4.78, 5) is 45.5. The molecule has 0 heterocycles. The Morgan fingerprint density at radius 2 is 1.61 bits per heavy atom. The number of hydrogen-bond donors (Lipinski definition) is 7. The van der Waals surface area contributed by atoms with Crippen molar-refractivity contribution >= 4 is 23.7 Å². The Morgan fingerprint density at radius 1 is 1.04 bits per heavy atom. The number of carbonyl (C=O) groups excluding carboxylic acids is 3. The number of carboxylic acid groups (broad SMARTS) is 1. The van der Waals surface area contributed by atoms with E-state index in [9.17, 15) is 24.3 Å². The maximum absolute atomic E-state index is 12.0. The molecule has 0 aliphatic rings. The summed E-state index contributed by atoms with van der Waals surface area (Å²) in [6, 6.07) is -3.75. The lowest BCUT2D eigenvalue weighted by atomic mass is 10.1. The number of nitrogens with two attached hydrogens (primary N) is 1. The van der Waals surface area contributed by atoms with Gasteiger partial charge in [0.1, 0.15) is 18.6 Å². The van der Waals surface area contributed by atoms with Gasteiger partial charge in [-0.3, -0.25) is 19.2 Å². The van der Waals surface area contributed by atoms with Crippen molar-refractivity contribution in [2.75, 3.05) is 13.2 Å². The van der Waals surface area contributed by atoms with E-state index >= 15 is 0 Å². The Kier molecular flexibility index (Phi) is 8.77. The number of carboxylic acids is 1. The Balaban J connectivity index is 4.83. The van der Waals surface area contributed by atoms with Gasteiger partial charge in [-0.15, -0.1) is 0 Å². The third-order valence-electron chi connectivity index (χ3n) is 2.71. The molecule has 3 amide bonds. The zero-order chi connectivity index (χ0) is 18.2. The molecule has 132 valence electrons. The molecule has 0 aliphatic heterocycles. The number of nitrogens with one attached hydrogen (secondary N) is 3. The van der Waals surface area contributed by atoms with Gasteiger partial charge in [-0.1, -0.05) is 0 Å². The fourth-order valence-corrected chi connectivity index (χ4v) is 1.43. The lowest BCUT2D eigenvalue weighted by Crippen LogP contribution is -2.59. The molecule has 0 spiro atoms. The van der Waals surface area contributed by atoms with Crippen molar-refractivity contribution in [1.82, 2.24) is 16.0 Å². The summed E-state index contributed by atoms with van der Waals surface area (Å²) in [5.41, 5.74) is 5.34. The van der Waals surface area contributed by atoms with E-state index in [1.807, 2.05) is 5.32 Å². The van der Waals surface area contributed by atoms with Crippen LogP contribution in [0.2, 0.25) is 0 Å². The van der Waals surface area contributed by atoms with Crippen molar-refractivity contribution in [3.05, 3.63) is 0 Å². The van der Waals surface area contributed by atoms with E-state index in [1.165, 1.54) is 13.8 Å². The van der Waals surface area contributed by atoms with Crippen molar-refractivity contribution < 1.29 is 34.5 Å². The van der Waals surface area contributed by atoms with Crippen LogP contribution >= 0.6 is 0 Å². The molecule has 0 aromatic heterocycles. The number of hydrogen-bond acceptors (Lipinski definition) is 7. The van der Waals surface area contributed by atoms with Crippen LogP contribution in [0.15, 0.2) is 0 Å². The largest absolute Gasteiger partial charge is 0.480 e. The monoisotopic (exact) mass is 334 g/mol. The van der Waals surface area contributed by atoms with E-state index < -0.39 is 61.1 Å². The van der Waals surface area contributed by atoms with E-state index in [-0.39, 0.29) is 0 Å². The van der Waals surface area contributed by atoms with Crippen molar-refractivity contribution in [2.45, 2.75) is 38.1 Å². The second-order valence-corrected chi connectivity index (χ2v) is 4.87. The Labute approximate surface area is 132 Å². The maximum Gasteiger partial charge on any atom is 0.322 e. The standard InChI is InChI=1S/C12H22N4O7/c1-5(13)10(21)16-9(6(2)18)12(23)15-7(4-17)11(22)14-3-8(19)20/h5-7,9,17-18H,3-4,13H2,1-2H3,(H,14,22)(H,15,23)(H,16,21)(H,19,20). The first-order valence-electron chi connectivity index (χ1n) is 6.74. The molecule has 8 N–H and O–H groups in total. The zero-order valence-corrected chi connectivity index (χ0v) is 12.8. The molecule has 0 fully saturated rings. The maximum atomic E-state index is 12.0. The number of aliphatic hydroxyl groups is 2. The molecule has 4 atom stereocenters. The van der Waals surface area contributed by atoms with Gasteiger partial charge < -0.3 is 37.0 Å². The molecule has 4 unspecified atom stereocenters. The quantitative estimate of drug-likeness (QED) is 0.221. The Hall–Kier alpha value is -2.24. The molecule has 0 bridgehead atoms. The molecule has 0 aromatic carbocycles. The molecule has 0 saturated carbocycles. The number of carbonyl (C=O) groups is 4. The normalized spacial score (nSPS) is 15.7. The molecular formula is C12H22N4O7. The summed E-state index contributed by atoms with van der Waals surface area (Å²) in [6.45, 7) is 1.13. The fraction of sp³-hybridized carbons (Fsp3) is 0.667. The van der Waals surface area contributed by atoms with Crippen LogP contribution in [0.25, 0.3) is 0 Å². The molecule has 0 aromatic rings. The van der Waals surface area contributed by atoms with Gasteiger partial charge in [-0.2, -0.15) is 0 Å². The van der Waals surface area contributed by atoms with Crippen LogP contribution in [-0.2, 0) is 19.2 Å². The van der Waals surface area contributed by atoms with Crippen LogP contribution < -0.4 is 21.7 Å². The Morgan fingerprint density at radius 3 is 2.00 bits per heavy atom. The summed E-state index contributed by atoms with van der Waals surface area (Å²) < 4.78 is 0. The summed E-state index contributed by atoms with van der Waals surface area (Å²) in [5, 5.41) is 33.4. The van der Waals surface area contributed by atoms with Gasteiger partial charge >= 0.3 is 5.97 Å². The van der Waals surface area contributed by atoms with Gasteiger partial charge in [0.15, 0.2) is 0 Å². The van der Waals surface area contributed by atoms with E-state index in [0.717, 1.165) is 0 Å². The average Bonchev–Trinajstić information content (AvgIpc) is 2.46. The minimum absolute atomic E-state index is 0.688. The highest BCUT2D eigenvalue weighted by Crippen LogP contribution is 1.96. The van der Waals surface area contributed by atoms with E-state index in [1.54, 1.807) is 0 Å². The van der Waals surface area contributed by atoms with Crippen LogP contribution in [0.1, 0.15) is 13.8 Å². The summed E-state index contributed by atoms with van der Waals surface area (Å²) >= 11 is 0. The van der Waals surface area contributed by atoms with Gasteiger partial charge in [0.25, 0.3) is 0 Å². The molecule has 11 heteroatoms. The number of aliphatic hydroxyl groups excluding tert-OH is 2. The Bertz CT molecular complexity index is 453. The van der Waals surface area contributed by atoms with Crippen molar-refractivity contribution in [3.63, 3.8) is 0 Å². The second kappa shape index (κ2) is 9.71. The van der Waals surface area contributed by atoms with E-state index in [0.29, 0.717) is 0 Å². The average molecular weight is 334 g/mol. The first-order chi connectivity index (χ1) is 10.6. The highest BCUT2D eigenvalue weighted by molar-refractivity contribution is 5.93. The predicted molar refractivity (Wildman–Crippen MR) is 76.9 cm³/mol. The molecule has 0 radical (unpaired) electrons. The van der Waals surface area contributed by atoms with Crippen LogP contribution in [-0.4, -0.2) is 76.4 Å². The van der Waals surface area contributed by atoms with Crippen molar-refractivity contribution in [2.24, 2.45) is 5.73 Å². The number of amides is 3. The van der Waals surface area contributed by atoms with Gasteiger partial charge in [-0.25, -0.2) is 0 Å². The van der Waals surface area contributed by atoms with Crippen molar-refractivity contribution in [1.29, 1.82) is 0 Å². The van der Waals surface area contributed by atoms with Crippen LogP contribution in [0.5, 0.6) is 0 Å². The zero-order valence-electron chi connectivity index (χ0n) is 12.8. The summed E-state index contributed by atoms with van der Waals surface area (Å²) in [6.07, 6.45) is -1.29. The van der Waals surface area contributed by atoms with Gasteiger partial charge in [0.05, 0.1) is 18.8 Å². The second-order valence-electron chi connectivity index (χ2n) is 4.87. The summed E-state index contributed by atoms with van der Waals surface area (Å²) in [5.74, 6) is -3.85. The smallest absolute Gasteiger partial charge is 0.322 e. The SMILES string of the molecule is CC(N)C(=O)NC(C(=O)NC(CO)C(=O)NCC(=O)O)C(C)O. The molecule has 0 rings (SSSR count). The van der Waals surface area contributed by atoms with Gasteiger partial charge in [-0.05, 0) is 13.8 Å². The highest BCUT2D eigenvalue weighted by Gasteiger charge is 2.30. The molecule has 23 heavy (non-hydrogen) atoms. The molecule has 11 nitrogen and oxygen atoms in total. The number of rotatable bonds is 9. The number of aliphatic carboxylic acids is 1. The van der Waals surface area contributed by atoms with Crippen LogP contribution in [0, 0.1) is 0 Å². The van der Waals surface area contributed by atoms with Gasteiger partial charge in [0, 0.05) is 0 Å². The third kappa shape index (κ3) is 7.54. The fourth-order valence-electron chi connectivity index (χ4n) is 1.43. The highest BCUT2D eigenvalue weighted by atomic mass is 16.4. The van der Waals surface area contributed by atoms with Gasteiger partial charge in [0.2, 0.25) is 17.7 Å². The molecular weight excluding hydrogens is 312 g/mol. The third-order valence-corrected chi connectivity index (χ3v) is 2.71.